The molecule has 0 spiro atoms. The first-order chi connectivity index (χ1) is 10.4. The minimum atomic E-state index is -6.09. The second-order valence-corrected chi connectivity index (χ2v) is 5.43. The van der Waals surface area contributed by atoms with Crippen molar-refractivity contribution < 1.29 is 35.4 Å². The molecule has 0 fully saturated rings. The van der Waals surface area contributed by atoms with E-state index in [-0.39, 0.29) is 0 Å². The van der Waals surface area contributed by atoms with Crippen molar-refractivity contribution in [2.24, 2.45) is 0 Å². The predicted molar refractivity (Wildman–Crippen MR) is 67.3 cm³/mol. The second-order valence-electron chi connectivity index (χ2n) is 4.06. The number of nitrogens with one attached hydrogen (secondary N) is 1. The van der Waals surface area contributed by atoms with Gasteiger partial charge in [-0.2, -0.15) is 13.2 Å². The Morgan fingerprint density at radius 3 is 1.83 bits per heavy atom. The van der Waals surface area contributed by atoms with Gasteiger partial charge in [-0.15, -0.1) is 5.10 Å². The molecule has 0 saturated heterocycles. The number of nitrogens with zero attached hydrogens (tertiary/aromatic N) is 4. The van der Waals surface area contributed by atoms with Crippen molar-refractivity contribution in [3.8, 4) is 0 Å². The van der Waals surface area contributed by atoms with E-state index in [9.17, 15) is 17.7 Å². The smallest absolute Gasteiger partial charge is 0.485 e. The largest absolute Gasteiger partial charge is 0.741 e. The summed E-state index contributed by atoms with van der Waals surface area (Å²) >= 11 is 0. The standard InChI is InChI=1S/C8H11FN.CHF3O3S.CH2N4/c1-6-4-7(2)10(9)8(3)5-6;2-1(3,4)8(5,6)7;1-2-4-5-3-1/h4-5H,1-3H3;(H,5,6,7);1H,(H,2,3,4,5)/q+1;;/p-1. The summed E-state index contributed by atoms with van der Waals surface area (Å²) in [5.41, 5.74) is -3.24. The molecule has 0 amide bonds. The number of H-pyrrole nitrogens is 1. The molecule has 0 atom stereocenters. The summed E-state index contributed by atoms with van der Waals surface area (Å²) in [5, 5.41) is 12.1. The van der Waals surface area contributed by atoms with Crippen molar-refractivity contribution in [1.82, 2.24) is 20.6 Å². The first kappa shape index (κ1) is 20.9. The molecule has 2 aromatic rings. The van der Waals surface area contributed by atoms with Gasteiger partial charge in [0, 0.05) is 30.8 Å². The highest BCUT2D eigenvalue weighted by molar-refractivity contribution is 7.86. The average molecular weight is 359 g/mol. The van der Waals surface area contributed by atoms with Crippen LogP contribution >= 0.6 is 0 Å². The molecule has 0 radical (unpaired) electrons. The van der Waals surface area contributed by atoms with Crippen molar-refractivity contribution in [1.29, 1.82) is 0 Å². The first-order valence-electron chi connectivity index (χ1n) is 5.71. The number of hydrogen-bond donors (Lipinski definition) is 1. The van der Waals surface area contributed by atoms with E-state index >= 15 is 0 Å². The van der Waals surface area contributed by atoms with Gasteiger partial charge in [-0.05, 0) is 22.9 Å². The Balaban J connectivity index is 0.000000333. The normalized spacial score (nSPS) is 11.0. The number of aromatic nitrogens is 5. The van der Waals surface area contributed by atoms with E-state index in [1.165, 1.54) is 6.33 Å². The molecule has 23 heavy (non-hydrogen) atoms. The van der Waals surface area contributed by atoms with Gasteiger partial charge in [0.2, 0.25) is 11.4 Å². The monoisotopic (exact) mass is 359 g/mol. The third kappa shape index (κ3) is 8.15. The second kappa shape index (κ2) is 8.47. The lowest BCUT2D eigenvalue weighted by atomic mass is 10.2. The van der Waals surface area contributed by atoms with E-state index in [1.54, 1.807) is 13.8 Å². The summed E-state index contributed by atoms with van der Waals surface area (Å²) in [5.74, 6) is 0. The summed E-state index contributed by atoms with van der Waals surface area (Å²) in [6.45, 7) is 5.46. The van der Waals surface area contributed by atoms with Crippen molar-refractivity contribution in [2.45, 2.75) is 26.3 Å². The molecule has 0 aliphatic carbocycles. The fourth-order valence-electron chi connectivity index (χ4n) is 1.22. The molecule has 0 unspecified atom stereocenters. The van der Waals surface area contributed by atoms with Crippen molar-refractivity contribution in [3.63, 3.8) is 0 Å². The fourth-order valence-corrected chi connectivity index (χ4v) is 1.22. The van der Waals surface area contributed by atoms with Gasteiger partial charge in [-0.1, -0.05) is 0 Å². The molecule has 2 aromatic heterocycles. The van der Waals surface area contributed by atoms with Crippen molar-refractivity contribution in [3.05, 3.63) is 35.4 Å². The maximum atomic E-state index is 12.8. The van der Waals surface area contributed by atoms with Crippen LogP contribution in [0.3, 0.4) is 0 Å². The molecule has 0 aliphatic rings. The van der Waals surface area contributed by atoms with Gasteiger partial charge in [-0.3, -0.25) is 0 Å². The van der Waals surface area contributed by atoms with E-state index in [4.69, 9.17) is 13.0 Å². The number of pyridine rings is 1. The predicted octanol–water partition coefficient (Wildman–Crippen LogP) is 0.883. The topological polar surface area (TPSA) is 116 Å². The van der Waals surface area contributed by atoms with Gasteiger partial charge in [0.1, 0.15) is 6.33 Å². The molecular weight excluding hydrogens is 346 g/mol. The van der Waals surface area contributed by atoms with Crippen LogP contribution in [0.15, 0.2) is 18.5 Å². The van der Waals surface area contributed by atoms with Gasteiger partial charge in [-0.25, -0.2) is 13.5 Å². The Morgan fingerprint density at radius 1 is 1.17 bits per heavy atom. The molecule has 2 heterocycles. The lowest BCUT2D eigenvalue weighted by Crippen LogP contribution is -2.30. The lowest BCUT2D eigenvalue weighted by molar-refractivity contribution is -0.852. The van der Waals surface area contributed by atoms with E-state index in [0.717, 1.165) is 5.56 Å². The lowest BCUT2D eigenvalue weighted by Gasteiger charge is -2.08. The van der Waals surface area contributed by atoms with Crippen LogP contribution in [0, 0.1) is 20.8 Å². The third-order valence-electron chi connectivity index (χ3n) is 2.05. The van der Waals surface area contributed by atoms with Crippen LogP contribution in [0.2, 0.25) is 0 Å². The van der Waals surface area contributed by atoms with Crippen LogP contribution in [0.5, 0.6) is 0 Å². The molecule has 0 aromatic carbocycles. The van der Waals surface area contributed by atoms with Crippen molar-refractivity contribution >= 4 is 10.1 Å². The average Bonchev–Trinajstić information content (AvgIpc) is 2.93. The van der Waals surface area contributed by atoms with Crippen LogP contribution in [-0.2, 0) is 10.1 Å². The quantitative estimate of drug-likeness (QED) is 0.424. The summed E-state index contributed by atoms with van der Waals surface area (Å²) in [6.07, 6.45) is 1.40. The van der Waals surface area contributed by atoms with Gasteiger partial charge in [0.15, 0.2) is 10.1 Å². The Hall–Kier alpha value is -2.15. The minimum Gasteiger partial charge on any atom is -0.741 e. The number of alkyl halides is 3. The number of tetrazole rings is 1. The zero-order valence-electron chi connectivity index (χ0n) is 12.2. The summed E-state index contributed by atoms with van der Waals surface area (Å²) in [7, 11) is -6.09. The third-order valence-corrected chi connectivity index (χ3v) is 2.61. The SMILES string of the molecule is Cc1cc(C)[n+](F)c(C)c1.O=S(=O)([O-])C(F)(F)F.c1nnn[nH]1. The molecular formula is C10H13F4N5O3S. The molecule has 0 saturated carbocycles. The fraction of sp³-hybridized carbons (Fsp3) is 0.400. The first-order valence-corrected chi connectivity index (χ1v) is 7.12. The highest BCUT2D eigenvalue weighted by Gasteiger charge is 2.36. The van der Waals surface area contributed by atoms with Crippen LogP contribution in [0.4, 0.5) is 17.7 Å². The number of rotatable bonds is 0. The zero-order valence-corrected chi connectivity index (χ0v) is 13.0. The Morgan fingerprint density at radius 2 is 1.61 bits per heavy atom. The van der Waals surface area contributed by atoms with E-state index in [2.05, 4.69) is 20.6 Å². The summed E-state index contributed by atoms with van der Waals surface area (Å²) in [4.78, 5) is 0.688. The molecule has 130 valence electrons. The maximum absolute atomic E-state index is 12.8. The summed E-state index contributed by atoms with van der Waals surface area (Å²) in [6, 6.07) is 3.62. The van der Waals surface area contributed by atoms with Crippen LogP contribution in [-0.4, -0.2) is 39.1 Å². The number of halogens is 4. The molecule has 1 N–H and O–H groups in total. The Kier molecular flexibility index (Phi) is 7.68. The number of hydrogen-bond acceptors (Lipinski definition) is 6. The van der Waals surface area contributed by atoms with E-state index in [0.29, 0.717) is 16.2 Å². The van der Waals surface area contributed by atoms with Gasteiger partial charge >= 0.3 is 5.51 Å². The maximum Gasteiger partial charge on any atom is 0.485 e. The zero-order chi connectivity index (χ0) is 18.3. The molecule has 0 bridgehead atoms. The number of aromatic amines is 1. The Bertz CT molecular complexity index is 664. The molecule has 2 rings (SSSR count). The Labute approximate surface area is 128 Å². The minimum absolute atomic E-state index is 0.650. The highest BCUT2D eigenvalue weighted by Crippen LogP contribution is 2.20. The molecule has 13 heteroatoms. The van der Waals surface area contributed by atoms with E-state index < -0.39 is 15.6 Å². The van der Waals surface area contributed by atoms with Crippen LogP contribution in [0.25, 0.3) is 0 Å². The number of aryl methyl sites for hydroxylation is 3. The van der Waals surface area contributed by atoms with Crippen LogP contribution in [0.1, 0.15) is 17.0 Å². The molecule has 8 nitrogen and oxygen atoms in total. The van der Waals surface area contributed by atoms with Crippen LogP contribution < -0.4 is 4.79 Å². The molecule has 0 aliphatic heterocycles. The van der Waals surface area contributed by atoms with Crippen molar-refractivity contribution in [2.75, 3.05) is 0 Å². The van der Waals surface area contributed by atoms with E-state index in [1.807, 2.05) is 19.1 Å². The highest BCUT2D eigenvalue weighted by atomic mass is 32.2. The van der Waals surface area contributed by atoms with Gasteiger partial charge < -0.3 is 4.55 Å². The summed E-state index contributed by atoms with van der Waals surface area (Å²) < 4.78 is 71.7. The van der Waals surface area contributed by atoms with Gasteiger partial charge in [0.05, 0.1) is 4.48 Å². The van der Waals surface area contributed by atoms with Gasteiger partial charge in [0.25, 0.3) is 0 Å².